The second kappa shape index (κ2) is 10.9. The van der Waals surface area contributed by atoms with Gasteiger partial charge < -0.3 is 14.5 Å². The van der Waals surface area contributed by atoms with Crippen molar-refractivity contribution in [3.63, 3.8) is 0 Å². The van der Waals surface area contributed by atoms with E-state index in [4.69, 9.17) is 16.3 Å². The molecular formula is C31H39ClN2O3S. The first-order valence-corrected chi connectivity index (χ1v) is 15.7. The Morgan fingerprint density at radius 2 is 1.76 bits per heavy atom. The van der Waals surface area contributed by atoms with Gasteiger partial charge in [-0.25, -0.2) is 0 Å². The van der Waals surface area contributed by atoms with Gasteiger partial charge in [-0.05, 0) is 111 Å². The monoisotopic (exact) mass is 554 g/mol. The van der Waals surface area contributed by atoms with Crippen LogP contribution in [-0.2, 0) is 20.7 Å². The van der Waals surface area contributed by atoms with E-state index in [1.165, 1.54) is 29.7 Å². The van der Waals surface area contributed by atoms with Crippen molar-refractivity contribution in [2.45, 2.75) is 64.3 Å². The van der Waals surface area contributed by atoms with Crippen LogP contribution < -0.4 is 0 Å². The molecule has 1 aromatic carbocycles. The highest BCUT2D eigenvalue weighted by Gasteiger charge is 2.55. The average molecular weight is 555 g/mol. The number of benzene rings is 1. The second-order valence-electron chi connectivity index (χ2n) is 12.1. The van der Waals surface area contributed by atoms with E-state index in [1.54, 1.807) is 11.3 Å². The quantitative estimate of drug-likeness (QED) is 0.339. The van der Waals surface area contributed by atoms with E-state index in [9.17, 15) is 9.59 Å². The largest absolute Gasteiger partial charge is 0.382 e. The van der Waals surface area contributed by atoms with E-state index in [0.29, 0.717) is 49.1 Å². The van der Waals surface area contributed by atoms with Crippen molar-refractivity contribution in [3.05, 3.63) is 56.7 Å². The number of carbonyl (C=O) groups is 2. The lowest BCUT2D eigenvalue weighted by molar-refractivity contribution is -0.160. The number of carbonyl (C=O) groups excluding carboxylic acids is 2. The van der Waals surface area contributed by atoms with Crippen LogP contribution in [0.2, 0.25) is 5.02 Å². The van der Waals surface area contributed by atoms with Crippen LogP contribution in [0.5, 0.6) is 0 Å². The highest BCUT2D eigenvalue weighted by molar-refractivity contribution is 7.10. The second-order valence-corrected chi connectivity index (χ2v) is 13.5. The highest BCUT2D eigenvalue weighted by Crippen LogP contribution is 2.60. The number of nitrogens with zero attached hydrogens (tertiary/aromatic N) is 2. The molecule has 5 aliphatic rings. The third kappa shape index (κ3) is 5.04. The molecule has 1 aromatic heterocycles. The van der Waals surface area contributed by atoms with Gasteiger partial charge in [-0.3, -0.25) is 9.59 Å². The lowest BCUT2D eigenvalue weighted by Gasteiger charge is -2.56. The Labute approximate surface area is 235 Å². The Kier molecular flexibility index (Phi) is 7.58. The third-order valence-electron chi connectivity index (χ3n) is 9.50. The number of amides is 2. The van der Waals surface area contributed by atoms with Gasteiger partial charge in [0, 0.05) is 36.2 Å². The van der Waals surface area contributed by atoms with Crippen LogP contribution in [-0.4, -0.2) is 54.5 Å². The number of hydrogen-bond acceptors (Lipinski definition) is 4. The molecule has 4 bridgehead atoms. The molecule has 0 spiro atoms. The lowest BCUT2D eigenvalue weighted by atomic mass is 9.49. The summed E-state index contributed by atoms with van der Waals surface area (Å²) >= 11 is 7.96. The number of ether oxygens (including phenoxy) is 1. The van der Waals surface area contributed by atoms with Gasteiger partial charge in [0.1, 0.15) is 0 Å². The van der Waals surface area contributed by atoms with Crippen LogP contribution in [0.4, 0.5) is 0 Å². The predicted octanol–water partition coefficient (Wildman–Crippen LogP) is 6.35. The van der Waals surface area contributed by atoms with Crippen LogP contribution in [0.3, 0.4) is 0 Å². The van der Waals surface area contributed by atoms with Crippen LogP contribution in [0, 0.1) is 23.2 Å². The predicted molar refractivity (Wildman–Crippen MR) is 151 cm³/mol. The summed E-state index contributed by atoms with van der Waals surface area (Å²) in [6.45, 7) is 4.67. The number of rotatable bonds is 9. The Balaban J connectivity index is 1.25. The van der Waals surface area contributed by atoms with E-state index in [-0.39, 0.29) is 29.8 Å². The molecule has 0 radical (unpaired) electrons. The summed E-state index contributed by atoms with van der Waals surface area (Å²) in [4.78, 5) is 33.7. The van der Waals surface area contributed by atoms with Gasteiger partial charge in [-0.1, -0.05) is 23.7 Å². The van der Waals surface area contributed by atoms with Crippen molar-refractivity contribution >= 4 is 34.8 Å². The summed E-state index contributed by atoms with van der Waals surface area (Å²) in [5.74, 6) is 2.35. The van der Waals surface area contributed by atoms with Crippen molar-refractivity contribution in [3.8, 4) is 0 Å². The molecule has 5 nitrogen and oxygen atoms in total. The normalized spacial score (nSPS) is 29.4. The van der Waals surface area contributed by atoms with Crippen molar-refractivity contribution in [2.24, 2.45) is 23.2 Å². The average Bonchev–Trinajstić information content (AvgIpc) is 3.38. The molecule has 204 valence electrons. The first-order chi connectivity index (χ1) is 18.5. The Bertz CT molecular complexity index is 1130. The lowest BCUT2D eigenvalue weighted by Crippen LogP contribution is -2.56. The van der Waals surface area contributed by atoms with Crippen molar-refractivity contribution in [1.82, 2.24) is 9.80 Å². The minimum atomic E-state index is -0.251. The van der Waals surface area contributed by atoms with Gasteiger partial charge in [0.15, 0.2) is 0 Å². The Morgan fingerprint density at radius 1 is 1.08 bits per heavy atom. The fourth-order valence-electron chi connectivity index (χ4n) is 8.31. The van der Waals surface area contributed by atoms with Gasteiger partial charge in [-0.15, -0.1) is 11.3 Å². The van der Waals surface area contributed by atoms with Gasteiger partial charge in [0.25, 0.3) is 0 Å². The molecule has 0 N–H and O–H groups in total. The molecule has 2 amide bonds. The van der Waals surface area contributed by atoms with Gasteiger partial charge in [0.2, 0.25) is 11.8 Å². The van der Waals surface area contributed by atoms with Crippen LogP contribution in [0.1, 0.15) is 73.9 Å². The summed E-state index contributed by atoms with van der Waals surface area (Å²) in [5, 5.41) is 2.81. The molecule has 4 saturated carbocycles. The zero-order chi connectivity index (χ0) is 26.3. The smallest absolute Gasteiger partial charge is 0.242 e. The molecule has 7 rings (SSSR count). The van der Waals surface area contributed by atoms with Gasteiger partial charge >= 0.3 is 0 Å². The summed E-state index contributed by atoms with van der Waals surface area (Å²) < 4.78 is 5.61. The topological polar surface area (TPSA) is 49.9 Å². The molecule has 1 unspecified atom stereocenters. The maximum Gasteiger partial charge on any atom is 0.242 e. The number of halogens is 1. The molecule has 2 aromatic rings. The summed E-state index contributed by atoms with van der Waals surface area (Å²) in [7, 11) is 0. The maximum absolute atomic E-state index is 14.3. The zero-order valence-corrected chi connectivity index (χ0v) is 23.9. The number of thiophene rings is 1. The van der Waals surface area contributed by atoms with E-state index in [2.05, 4.69) is 11.4 Å². The summed E-state index contributed by atoms with van der Waals surface area (Å²) in [5.41, 5.74) is 2.02. The van der Waals surface area contributed by atoms with Crippen LogP contribution >= 0.6 is 22.9 Å². The highest BCUT2D eigenvalue weighted by atomic mass is 35.5. The van der Waals surface area contributed by atoms with Gasteiger partial charge in [-0.2, -0.15) is 0 Å². The number of hydrogen-bond donors (Lipinski definition) is 0. The molecule has 1 aliphatic heterocycles. The molecule has 1 atom stereocenters. The van der Waals surface area contributed by atoms with E-state index in [0.717, 1.165) is 37.7 Å². The standard InChI is InChI=1S/C31H39ClN2O3S/c1-2-37-12-3-10-33(30(36)31-17-21-14-22(18-31)16-23(15-21)19-31)20-28(35)34-11-8-27-26(9-13-38-27)29(34)24-4-6-25(32)7-5-24/h4-7,9,13,21-23,29H,2-3,8,10-12,14-20H2,1H3. The first-order valence-electron chi connectivity index (χ1n) is 14.4. The van der Waals surface area contributed by atoms with Crippen molar-refractivity contribution in [2.75, 3.05) is 32.8 Å². The number of fused-ring (bicyclic) bond motifs is 1. The molecule has 38 heavy (non-hydrogen) atoms. The van der Waals surface area contributed by atoms with Crippen molar-refractivity contribution in [1.29, 1.82) is 0 Å². The summed E-state index contributed by atoms with van der Waals surface area (Å²) in [6.07, 6.45) is 8.57. The fourth-order valence-corrected chi connectivity index (χ4v) is 9.34. The Morgan fingerprint density at radius 3 is 2.42 bits per heavy atom. The van der Waals surface area contributed by atoms with E-state index >= 15 is 0 Å². The first kappa shape index (κ1) is 26.3. The fraction of sp³-hybridized carbons (Fsp3) is 0.613. The van der Waals surface area contributed by atoms with Gasteiger partial charge in [0.05, 0.1) is 18.0 Å². The molecular weight excluding hydrogens is 516 g/mol. The minimum absolute atomic E-state index is 0.0382. The molecule has 2 heterocycles. The minimum Gasteiger partial charge on any atom is -0.382 e. The SMILES string of the molecule is CCOCCCN(CC(=O)N1CCc2sccc2C1c1ccc(Cl)cc1)C(=O)C12CC3CC(CC(C3)C1)C2. The van der Waals surface area contributed by atoms with E-state index in [1.807, 2.05) is 41.0 Å². The van der Waals surface area contributed by atoms with Crippen LogP contribution in [0.25, 0.3) is 0 Å². The van der Waals surface area contributed by atoms with Crippen LogP contribution in [0.15, 0.2) is 35.7 Å². The van der Waals surface area contributed by atoms with Crippen molar-refractivity contribution < 1.29 is 14.3 Å². The summed E-state index contributed by atoms with van der Waals surface area (Å²) in [6, 6.07) is 9.86. The molecule has 0 saturated heterocycles. The third-order valence-corrected chi connectivity index (χ3v) is 10.7. The zero-order valence-electron chi connectivity index (χ0n) is 22.4. The molecule has 4 fully saturated rings. The Hall–Kier alpha value is -1.89. The maximum atomic E-state index is 14.3. The van der Waals surface area contributed by atoms with E-state index < -0.39 is 0 Å². The molecule has 7 heteroatoms. The molecule has 4 aliphatic carbocycles.